The summed E-state index contributed by atoms with van der Waals surface area (Å²) in [7, 11) is 0. The molecule has 0 fully saturated rings. The van der Waals surface area contributed by atoms with Crippen LogP contribution in [0, 0.1) is 17.6 Å². The second-order valence-electron chi connectivity index (χ2n) is 6.91. The van der Waals surface area contributed by atoms with E-state index in [1.54, 1.807) is 0 Å². The Hall–Kier alpha value is -2.28. The van der Waals surface area contributed by atoms with Crippen molar-refractivity contribution in [3.05, 3.63) is 53.6 Å². The van der Waals surface area contributed by atoms with Crippen molar-refractivity contribution in [2.75, 3.05) is 19.0 Å². The monoisotopic (exact) mass is 407 g/mol. The molecule has 2 aromatic rings. The predicted molar refractivity (Wildman–Crippen MR) is 105 cm³/mol. The van der Waals surface area contributed by atoms with Crippen molar-refractivity contribution >= 4 is 17.7 Å². The van der Waals surface area contributed by atoms with E-state index in [0.29, 0.717) is 24.7 Å². The minimum atomic E-state index is -0.666. The third-order valence-corrected chi connectivity index (χ3v) is 5.42. The van der Waals surface area contributed by atoms with E-state index >= 15 is 0 Å². The molecule has 0 radical (unpaired) electrons. The Morgan fingerprint density at radius 3 is 2.57 bits per heavy atom. The Bertz CT molecular complexity index is 844. The first-order chi connectivity index (χ1) is 13.4. The van der Waals surface area contributed by atoms with Crippen molar-refractivity contribution in [3.63, 3.8) is 0 Å². The molecule has 0 unspecified atom stereocenters. The van der Waals surface area contributed by atoms with E-state index in [0.717, 1.165) is 29.8 Å². The Morgan fingerprint density at radius 2 is 1.86 bits per heavy atom. The number of benzene rings is 2. The molecule has 2 aromatic carbocycles. The van der Waals surface area contributed by atoms with Crippen molar-refractivity contribution in [3.8, 4) is 11.5 Å². The lowest BCUT2D eigenvalue weighted by atomic mass is 9.95. The van der Waals surface area contributed by atoms with Crippen molar-refractivity contribution in [2.24, 2.45) is 5.92 Å². The molecule has 0 aliphatic carbocycles. The number of hydrogen-bond acceptors (Lipinski definition) is 4. The first kappa shape index (κ1) is 20.5. The van der Waals surface area contributed by atoms with Crippen LogP contribution in [0.3, 0.4) is 0 Å². The van der Waals surface area contributed by atoms with Gasteiger partial charge < -0.3 is 14.8 Å². The van der Waals surface area contributed by atoms with Crippen molar-refractivity contribution < 1.29 is 23.0 Å². The van der Waals surface area contributed by atoms with E-state index in [2.05, 4.69) is 5.32 Å². The average Bonchev–Trinajstić information content (AvgIpc) is 2.90. The van der Waals surface area contributed by atoms with E-state index in [1.165, 1.54) is 12.1 Å². The van der Waals surface area contributed by atoms with Gasteiger partial charge in [-0.1, -0.05) is 19.9 Å². The maximum Gasteiger partial charge on any atom is 0.230 e. The number of fused-ring (bicyclic) bond motifs is 1. The number of carbonyl (C=O) groups is 1. The molecule has 4 nitrogen and oxygen atoms in total. The Morgan fingerprint density at radius 1 is 1.11 bits per heavy atom. The molecule has 150 valence electrons. The molecule has 7 heteroatoms. The van der Waals surface area contributed by atoms with Crippen LogP contribution in [-0.4, -0.2) is 24.9 Å². The lowest BCUT2D eigenvalue weighted by molar-refractivity contribution is -0.119. The minimum Gasteiger partial charge on any atom is -0.490 e. The van der Waals surface area contributed by atoms with Crippen LogP contribution in [0.25, 0.3) is 0 Å². The van der Waals surface area contributed by atoms with Crippen LogP contribution in [0.4, 0.5) is 8.78 Å². The normalized spacial score (nSPS) is 14.5. The summed E-state index contributed by atoms with van der Waals surface area (Å²) in [6.45, 7) is 5.24. The summed E-state index contributed by atoms with van der Waals surface area (Å²) in [5, 5.41) is 3.00. The number of ether oxygens (including phenoxy) is 2. The van der Waals surface area contributed by atoms with E-state index < -0.39 is 11.6 Å². The van der Waals surface area contributed by atoms with Crippen molar-refractivity contribution in [1.29, 1.82) is 0 Å². The number of rotatable bonds is 6. The van der Waals surface area contributed by atoms with Crippen molar-refractivity contribution in [2.45, 2.75) is 31.2 Å². The number of carbonyl (C=O) groups excluding carboxylic acids is 1. The van der Waals surface area contributed by atoms with Gasteiger partial charge in [-0.15, -0.1) is 11.8 Å². The van der Waals surface area contributed by atoms with Gasteiger partial charge in [-0.25, -0.2) is 8.78 Å². The maximum absolute atomic E-state index is 13.7. The van der Waals surface area contributed by atoms with Crippen molar-refractivity contribution in [1.82, 2.24) is 5.32 Å². The minimum absolute atomic E-state index is 0.0380. The quantitative estimate of drug-likeness (QED) is 0.703. The second kappa shape index (κ2) is 9.28. The third kappa shape index (κ3) is 5.16. The highest BCUT2D eigenvalue weighted by Gasteiger charge is 2.21. The second-order valence-corrected chi connectivity index (χ2v) is 7.93. The molecule has 1 heterocycles. The van der Waals surface area contributed by atoms with Gasteiger partial charge in [0.15, 0.2) is 11.5 Å². The fourth-order valence-electron chi connectivity index (χ4n) is 2.96. The van der Waals surface area contributed by atoms with Crippen LogP contribution in [0.15, 0.2) is 41.3 Å². The van der Waals surface area contributed by atoms with Gasteiger partial charge in [0.05, 0.1) is 25.0 Å². The molecular weight excluding hydrogens is 384 g/mol. The smallest absolute Gasteiger partial charge is 0.230 e. The standard InChI is InChI=1S/C21H23F2NO3S/c1-13(2)21(14-4-6-17-18(10-14)27-9-3-8-26-17)24-20(25)12-28-19-7-5-15(22)11-16(19)23/h4-7,10-11,13,21H,3,8-9,12H2,1-2H3,(H,24,25)/t21-/m0/s1. The molecular formula is C21H23F2NO3S. The lowest BCUT2D eigenvalue weighted by Gasteiger charge is -2.24. The Balaban J connectivity index is 1.67. The zero-order chi connectivity index (χ0) is 20.1. The van der Waals surface area contributed by atoms with E-state index in [-0.39, 0.29) is 28.5 Å². The van der Waals surface area contributed by atoms with Gasteiger partial charge in [0.1, 0.15) is 11.6 Å². The van der Waals surface area contributed by atoms with Crippen LogP contribution < -0.4 is 14.8 Å². The average molecular weight is 407 g/mol. The molecule has 0 spiro atoms. The van der Waals surface area contributed by atoms with Gasteiger partial charge in [-0.05, 0) is 35.7 Å². The summed E-state index contributed by atoms with van der Waals surface area (Å²) in [5.74, 6) is 0.0358. The topological polar surface area (TPSA) is 47.6 Å². The van der Waals surface area contributed by atoms with Gasteiger partial charge >= 0.3 is 0 Å². The summed E-state index contributed by atoms with van der Waals surface area (Å²) in [6, 6.07) is 8.80. The Kier molecular flexibility index (Phi) is 6.78. The molecule has 1 N–H and O–H groups in total. The van der Waals surface area contributed by atoms with Gasteiger partial charge in [-0.3, -0.25) is 4.79 Å². The highest BCUT2D eigenvalue weighted by Crippen LogP contribution is 2.34. The predicted octanol–water partition coefficient (Wildman–Crippen LogP) is 4.73. The van der Waals surface area contributed by atoms with E-state index in [1.807, 2.05) is 32.0 Å². The molecule has 28 heavy (non-hydrogen) atoms. The molecule has 1 atom stereocenters. The highest BCUT2D eigenvalue weighted by molar-refractivity contribution is 8.00. The summed E-state index contributed by atoms with van der Waals surface area (Å²) in [6.07, 6.45) is 0.825. The fraction of sp³-hybridized carbons (Fsp3) is 0.381. The van der Waals surface area contributed by atoms with Crippen LogP contribution in [0.5, 0.6) is 11.5 Å². The molecule has 0 aromatic heterocycles. The van der Waals surface area contributed by atoms with Crippen LogP contribution in [0.2, 0.25) is 0 Å². The molecule has 0 saturated heterocycles. The number of nitrogens with one attached hydrogen (secondary N) is 1. The molecule has 1 aliphatic rings. The first-order valence-electron chi connectivity index (χ1n) is 9.21. The largest absolute Gasteiger partial charge is 0.490 e. The number of halogens is 2. The van der Waals surface area contributed by atoms with Gasteiger partial charge in [0.25, 0.3) is 0 Å². The zero-order valence-corrected chi connectivity index (χ0v) is 16.7. The molecule has 0 saturated carbocycles. The SMILES string of the molecule is CC(C)[C@H](NC(=O)CSc1ccc(F)cc1F)c1ccc2c(c1)OCCCO2. The van der Waals surface area contributed by atoms with Gasteiger partial charge in [0, 0.05) is 17.4 Å². The molecule has 0 bridgehead atoms. The summed E-state index contributed by atoms with van der Waals surface area (Å²) >= 11 is 1.04. The van der Waals surface area contributed by atoms with E-state index in [4.69, 9.17) is 9.47 Å². The van der Waals surface area contributed by atoms with E-state index in [9.17, 15) is 13.6 Å². The lowest BCUT2D eigenvalue weighted by Crippen LogP contribution is -2.33. The first-order valence-corrected chi connectivity index (χ1v) is 10.2. The number of thioether (sulfide) groups is 1. The molecule has 1 aliphatic heterocycles. The number of hydrogen-bond donors (Lipinski definition) is 1. The summed E-state index contributed by atoms with van der Waals surface area (Å²) in [4.78, 5) is 12.7. The fourth-order valence-corrected chi connectivity index (χ4v) is 3.69. The highest BCUT2D eigenvalue weighted by atomic mass is 32.2. The number of amides is 1. The maximum atomic E-state index is 13.7. The third-order valence-electron chi connectivity index (χ3n) is 4.37. The van der Waals surface area contributed by atoms with Gasteiger partial charge in [0.2, 0.25) is 5.91 Å². The summed E-state index contributed by atoms with van der Waals surface area (Å²) < 4.78 is 38.1. The van der Waals surface area contributed by atoms with Crippen LogP contribution in [0.1, 0.15) is 31.9 Å². The van der Waals surface area contributed by atoms with Gasteiger partial charge in [-0.2, -0.15) is 0 Å². The zero-order valence-electron chi connectivity index (χ0n) is 15.8. The van der Waals surface area contributed by atoms with Crippen LogP contribution >= 0.6 is 11.8 Å². The molecule has 3 rings (SSSR count). The van der Waals surface area contributed by atoms with Crippen LogP contribution in [-0.2, 0) is 4.79 Å². The Labute approximate surface area is 167 Å². The molecule has 1 amide bonds. The summed E-state index contributed by atoms with van der Waals surface area (Å²) in [5.41, 5.74) is 0.922.